The molecule has 2 bridgehead atoms. The summed E-state index contributed by atoms with van der Waals surface area (Å²) in [6, 6.07) is 0. The Labute approximate surface area is 103 Å². The van der Waals surface area contributed by atoms with Crippen molar-refractivity contribution in [3.63, 3.8) is 0 Å². The zero-order valence-corrected chi connectivity index (χ0v) is 11.1. The molecule has 2 saturated carbocycles. The Morgan fingerprint density at radius 3 is 2.31 bits per heavy atom. The molecular formula is C12H22ClNO2. The summed E-state index contributed by atoms with van der Waals surface area (Å²) in [6.07, 6.45) is 3.86. The Hall–Kier alpha value is -0.280. The normalized spacial score (nSPS) is 39.4. The molecule has 16 heavy (non-hydrogen) atoms. The quantitative estimate of drug-likeness (QED) is 0.805. The summed E-state index contributed by atoms with van der Waals surface area (Å²) < 4.78 is 0. The number of hydrogen-bond donors (Lipinski definition) is 2. The van der Waals surface area contributed by atoms with Crippen molar-refractivity contribution in [1.29, 1.82) is 0 Å². The Morgan fingerprint density at radius 2 is 1.88 bits per heavy atom. The summed E-state index contributed by atoms with van der Waals surface area (Å²) in [5, 5.41) is 12.0. The van der Waals surface area contributed by atoms with Gasteiger partial charge in [-0.05, 0) is 43.4 Å². The first-order chi connectivity index (χ1) is 6.88. The van der Waals surface area contributed by atoms with Gasteiger partial charge < -0.3 is 10.4 Å². The fourth-order valence-electron chi connectivity index (χ4n) is 3.74. The van der Waals surface area contributed by atoms with Crippen molar-refractivity contribution >= 4 is 18.4 Å². The van der Waals surface area contributed by atoms with Crippen LogP contribution in [0.1, 0.15) is 40.0 Å². The second kappa shape index (κ2) is 4.19. The Balaban J connectivity index is 0.00000128. The zero-order valence-electron chi connectivity index (χ0n) is 10.2. The number of halogens is 1. The molecule has 0 spiro atoms. The predicted molar refractivity (Wildman–Crippen MR) is 65.9 cm³/mol. The number of carbonyl (C=O) groups is 1. The first-order valence-corrected chi connectivity index (χ1v) is 5.85. The summed E-state index contributed by atoms with van der Waals surface area (Å²) in [5.41, 5.74) is 0.236. The molecule has 2 aliphatic rings. The zero-order chi connectivity index (χ0) is 11.3. The van der Waals surface area contributed by atoms with Crippen LogP contribution in [0.4, 0.5) is 0 Å². The first kappa shape index (κ1) is 13.8. The summed E-state index contributed by atoms with van der Waals surface area (Å²) in [6.45, 7) is 6.86. The van der Waals surface area contributed by atoms with Crippen molar-refractivity contribution in [3.8, 4) is 0 Å². The van der Waals surface area contributed by atoms with E-state index in [4.69, 9.17) is 5.11 Å². The van der Waals surface area contributed by atoms with Gasteiger partial charge >= 0.3 is 5.97 Å². The van der Waals surface area contributed by atoms with Crippen LogP contribution in [-0.2, 0) is 4.79 Å². The lowest BCUT2D eigenvalue weighted by atomic mass is 9.64. The summed E-state index contributed by atoms with van der Waals surface area (Å²) >= 11 is 0. The van der Waals surface area contributed by atoms with Crippen LogP contribution in [0.15, 0.2) is 0 Å². The Kier molecular flexibility index (Phi) is 3.61. The summed E-state index contributed by atoms with van der Waals surface area (Å²) in [4.78, 5) is 10.7. The maximum absolute atomic E-state index is 10.7. The highest BCUT2D eigenvalue weighted by molar-refractivity contribution is 5.85. The third-order valence-electron chi connectivity index (χ3n) is 5.22. The number of fused-ring (bicyclic) bond motifs is 2. The van der Waals surface area contributed by atoms with Gasteiger partial charge in [0.25, 0.3) is 0 Å². The third-order valence-corrected chi connectivity index (χ3v) is 5.22. The Bertz CT molecular complexity index is 293. The first-order valence-electron chi connectivity index (χ1n) is 5.85. The molecule has 0 aromatic rings. The molecule has 2 rings (SSSR count). The number of carboxylic acids is 1. The van der Waals surface area contributed by atoms with Crippen LogP contribution >= 0.6 is 12.4 Å². The van der Waals surface area contributed by atoms with Crippen LogP contribution < -0.4 is 5.32 Å². The van der Waals surface area contributed by atoms with Gasteiger partial charge in [-0.25, -0.2) is 0 Å². The molecule has 3 nitrogen and oxygen atoms in total. The van der Waals surface area contributed by atoms with Gasteiger partial charge in [0.05, 0.1) is 6.54 Å². The molecule has 0 saturated heterocycles. The van der Waals surface area contributed by atoms with E-state index in [0.29, 0.717) is 5.92 Å². The number of aliphatic carboxylic acids is 1. The van der Waals surface area contributed by atoms with Crippen molar-refractivity contribution < 1.29 is 9.90 Å². The van der Waals surface area contributed by atoms with Crippen LogP contribution in [0.3, 0.4) is 0 Å². The van der Waals surface area contributed by atoms with Crippen LogP contribution in [0.25, 0.3) is 0 Å². The molecule has 4 heteroatoms. The smallest absolute Gasteiger partial charge is 0.317 e. The molecule has 0 radical (unpaired) electrons. The van der Waals surface area contributed by atoms with E-state index in [1.165, 1.54) is 19.3 Å². The second-order valence-electron chi connectivity index (χ2n) is 5.88. The molecule has 2 fully saturated rings. The second-order valence-corrected chi connectivity index (χ2v) is 5.88. The predicted octanol–water partition coefficient (Wildman–Crippen LogP) is 2.30. The minimum Gasteiger partial charge on any atom is -0.480 e. The van der Waals surface area contributed by atoms with E-state index in [2.05, 4.69) is 26.1 Å². The molecule has 94 valence electrons. The molecule has 3 atom stereocenters. The standard InChI is InChI=1S/C12H21NO2.ClH/c1-11(2)8-4-5-9(6-8)12(11,3)13-7-10(14)15;/h8-9,13H,4-7H2,1-3H3,(H,14,15);1H. The largest absolute Gasteiger partial charge is 0.480 e. The molecule has 0 heterocycles. The Morgan fingerprint density at radius 1 is 1.31 bits per heavy atom. The molecule has 3 unspecified atom stereocenters. The SMILES string of the molecule is CC1(C)C2CCC(C2)C1(C)NCC(=O)O.Cl. The lowest BCUT2D eigenvalue weighted by Crippen LogP contribution is -2.58. The van der Waals surface area contributed by atoms with Gasteiger partial charge in [0.15, 0.2) is 0 Å². The van der Waals surface area contributed by atoms with Gasteiger partial charge in [-0.3, -0.25) is 4.79 Å². The molecule has 0 amide bonds. The molecule has 2 N–H and O–H groups in total. The topological polar surface area (TPSA) is 49.3 Å². The molecule has 2 aliphatic carbocycles. The van der Waals surface area contributed by atoms with Gasteiger partial charge in [-0.15, -0.1) is 12.4 Å². The van der Waals surface area contributed by atoms with E-state index < -0.39 is 5.97 Å². The molecule has 0 aromatic carbocycles. The number of hydrogen-bond acceptors (Lipinski definition) is 2. The highest BCUT2D eigenvalue weighted by Crippen LogP contribution is 2.61. The molecular weight excluding hydrogens is 226 g/mol. The highest BCUT2D eigenvalue weighted by atomic mass is 35.5. The lowest BCUT2D eigenvalue weighted by Gasteiger charge is -2.48. The van der Waals surface area contributed by atoms with E-state index >= 15 is 0 Å². The van der Waals surface area contributed by atoms with E-state index in [0.717, 1.165) is 5.92 Å². The minimum atomic E-state index is -0.755. The summed E-state index contributed by atoms with van der Waals surface area (Å²) in [5.74, 6) is 0.681. The van der Waals surface area contributed by atoms with Crippen molar-refractivity contribution in [2.45, 2.75) is 45.6 Å². The number of carboxylic acid groups (broad SMARTS) is 1. The minimum absolute atomic E-state index is 0. The monoisotopic (exact) mass is 247 g/mol. The van der Waals surface area contributed by atoms with E-state index in [1.807, 2.05) is 0 Å². The van der Waals surface area contributed by atoms with Crippen LogP contribution in [0, 0.1) is 17.3 Å². The van der Waals surface area contributed by atoms with E-state index in [9.17, 15) is 4.79 Å². The molecule has 0 aliphatic heterocycles. The maximum atomic E-state index is 10.7. The van der Waals surface area contributed by atoms with Gasteiger partial charge in [0.2, 0.25) is 0 Å². The van der Waals surface area contributed by atoms with Crippen LogP contribution in [0.2, 0.25) is 0 Å². The van der Waals surface area contributed by atoms with E-state index in [-0.39, 0.29) is 29.9 Å². The van der Waals surface area contributed by atoms with Crippen molar-refractivity contribution in [3.05, 3.63) is 0 Å². The third kappa shape index (κ3) is 1.74. The van der Waals surface area contributed by atoms with Crippen molar-refractivity contribution in [1.82, 2.24) is 5.32 Å². The maximum Gasteiger partial charge on any atom is 0.317 e. The lowest BCUT2D eigenvalue weighted by molar-refractivity contribution is -0.136. The van der Waals surface area contributed by atoms with E-state index in [1.54, 1.807) is 0 Å². The van der Waals surface area contributed by atoms with Crippen LogP contribution in [-0.4, -0.2) is 23.2 Å². The highest BCUT2D eigenvalue weighted by Gasteiger charge is 2.59. The van der Waals surface area contributed by atoms with Gasteiger partial charge in [0.1, 0.15) is 0 Å². The van der Waals surface area contributed by atoms with Gasteiger partial charge in [-0.1, -0.05) is 13.8 Å². The summed E-state index contributed by atoms with van der Waals surface area (Å²) in [7, 11) is 0. The van der Waals surface area contributed by atoms with Gasteiger partial charge in [0, 0.05) is 5.54 Å². The molecule has 0 aromatic heterocycles. The average molecular weight is 248 g/mol. The van der Waals surface area contributed by atoms with Gasteiger partial charge in [-0.2, -0.15) is 0 Å². The fourth-order valence-corrected chi connectivity index (χ4v) is 3.74. The average Bonchev–Trinajstić information content (AvgIpc) is 2.67. The van der Waals surface area contributed by atoms with Crippen LogP contribution in [0.5, 0.6) is 0 Å². The fraction of sp³-hybridized carbons (Fsp3) is 0.917. The van der Waals surface area contributed by atoms with Crippen molar-refractivity contribution in [2.75, 3.05) is 6.54 Å². The van der Waals surface area contributed by atoms with Crippen molar-refractivity contribution in [2.24, 2.45) is 17.3 Å². The number of nitrogens with one attached hydrogen (secondary N) is 1. The number of rotatable bonds is 3.